The average Bonchev–Trinajstić information content (AvgIpc) is 2.87. The molecule has 0 saturated heterocycles. The maximum Gasteiger partial charge on any atom is 0.257 e. The molecule has 1 aliphatic rings. The van der Waals surface area contributed by atoms with Crippen LogP contribution < -0.4 is 20.7 Å². The second-order valence-corrected chi connectivity index (χ2v) is 6.42. The molecule has 140 valence electrons. The van der Waals surface area contributed by atoms with Crippen molar-refractivity contribution in [3.63, 3.8) is 0 Å². The number of methoxy groups -OCH3 is 1. The van der Waals surface area contributed by atoms with Gasteiger partial charge in [0.2, 0.25) is 0 Å². The third kappa shape index (κ3) is 3.53. The van der Waals surface area contributed by atoms with Crippen LogP contribution in [0.5, 0.6) is 5.75 Å². The maximum absolute atomic E-state index is 12.6. The number of carbonyl (C=O) groups excluding carboxylic acids is 2. The highest BCUT2D eigenvalue weighted by Gasteiger charge is 2.19. The van der Waals surface area contributed by atoms with Crippen LogP contribution in [-0.2, 0) is 6.54 Å². The second kappa shape index (κ2) is 7.44. The maximum atomic E-state index is 12.6. The zero-order chi connectivity index (χ0) is 19.5. The van der Waals surface area contributed by atoms with E-state index in [2.05, 4.69) is 16.0 Å². The highest BCUT2D eigenvalue weighted by Crippen LogP contribution is 2.32. The van der Waals surface area contributed by atoms with E-state index in [1.165, 1.54) is 0 Å². The molecule has 6 nitrogen and oxygen atoms in total. The van der Waals surface area contributed by atoms with E-state index in [9.17, 15) is 9.59 Å². The fourth-order valence-electron chi connectivity index (χ4n) is 3.09. The number of hydrogen-bond donors (Lipinski definition) is 3. The van der Waals surface area contributed by atoms with Crippen LogP contribution in [0.4, 0.5) is 17.1 Å². The minimum Gasteiger partial charge on any atom is -0.497 e. The van der Waals surface area contributed by atoms with Gasteiger partial charge in [0.15, 0.2) is 0 Å². The molecule has 3 N–H and O–H groups in total. The van der Waals surface area contributed by atoms with Gasteiger partial charge in [-0.1, -0.05) is 24.3 Å². The summed E-state index contributed by atoms with van der Waals surface area (Å²) >= 11 is 0. The van der Waals surface area contributed by atoms with Crippen LogP contribution in [0, 0.1) is 0 Å². The fraction of sp³-hybridized carbons (Fsp3) is 0.0909. The van der Waals surface area contributed by atoms with Crippen molar-refractivity contribution in [1.29, 1.82) is 0 Å². The summed E-state index contributed by atoms with van der Waals surface area (Å²) in [6, 6.07) is 20.0. The molecule has 0 aromatic heterocycles. The van der Waals surface area contributed by atoms with Gasteiger partial charge in [0.05, 0.1) is 29.7 Å². The van der Waals surface area contributed by atoms with Crippen LogP contribution in [0.3, 0.4) is 0 Å². The van der Waals surface area contributed by atoms with Gasteiger partial charge < -0.3 is 20.7 Å². The minimum absolute atomic E-state index is 0.212. The van der Waals surface area contributed by atoms with Gasteiger partial charge >= 0.3 is 0 Å². The van der Waals surface area contributed by atoms with E-state index in [1.807, 2.05) is 42.5 Å². The summed E-state index contributed by atoms with van der Waals surface area (Å²) in [4.78, 5) is 25.0. The quantitative estimate of drug-likeness (QED) is 0.647. The fourth-order valence-corrected chi connectivity index (χ4v) is 3.09. The van der Waals surface area contributed by atoms with Crippen molar-refractivity contribution in [2.75, 3.05) is 17.7 Å². The van der Waals surface area contributed by atoms with Crippen molar-refractivity contribution < 1.29 is 14.3 Å². The molecule has 0 aliphatic carbocycles. The second-order valence-electron chi connectivity index (χ2n) is 6.42. The van der Waals surface area contributed by atoms with Gasteiger partial charge in [-0.3, -0.25) is 9.59 Å². The lowest BCUT2D eigenvalue weighted by Gasteiger charge is -2.11. The van der Waals surface area contributed by atoms with Crippen LogP contribution in [0.1, 0.15) is 26.3 Å². The number of hydrogen-bond acceptors (Lipinski definition) is 4. The molecule has 0 fully saturated rings. The lowest BCUT2D eigenvalue weighted by Crippen LogP contribution is -2.23. The first-order valence-corrected chi connectivity index (χ1v) is 8.86. The zero-order valence-corrected chi connectivity index (χ0v) is 15.3. The molecule has 0 unspecified atom stereocenters. The molecule has 3 aromatic rings. The molecular weight excluding hydrogens is 354 g/mol. The van der Waals surface area contributed by atoms with E-state index < -0.39 is 0 Å². The number of ether oxygens (including phenoxy) is 1. The standard InChI is InChI=1S/C22H19N3O3/c1-28-16-6-4-5-14(11-16)13-23-21(26)15-9-10-19-20(12-15)25-22(27)17-7-2-3-8-18(17)24-19/h2-12,24H,13H2,1H3,(H,23,26)(H,25,27). The Morgan fingerprint density at radius 2 is 1.79 bits per heavy atom. The van der Waals surface area contributed by atoms with Gasteiger partial charge in [-0.15, -0.1) is 0 Å². The van der Waals surface area contributed by atoms with Crippen molar-refractivity contribution >= 4 is 28.9 Å². The van der Waals surface area contributed by atoms with E-state index in [1.54, 1.807) is 31.4 Å². The van der Waals surface area contributed by atoms with E-state index >= 15 is 0 Å². The summed E-state index contributed by atoms with van der Waals surface area (Å²) in [5, 5.41) is 9.00. The van der Waals surface area contributed by atoms with Gasteiger partial charge in [-0.25, -0.2) is 0 Å². The Hall–Kier alpha value is -3.80. The Morgan fingerprint density at radius 3 is 2.64 bits per heavy atom. The Labute approximate surface area is 162 Å². The molecule has 0 bridgehead atoms. The first-order chi connectivity index (χ1) is 13.6. The highest BCUT2D eigenvalue weighted by atomic mass is 16.5. The summed E-state index contributed by atoms with van der Waals surface area (Å²) in [5.41, 5.74) is 4.00. The van der Waals surface area contributed by atoms with Crippen LogP contribution in [-0.4, -0.2) is 18.9 Å². The topological polar surface area (TPSA) is 79.5 Å². The summed E-state index contributed by atoms with van der Waals surface area (Å²) in [7, 11) is 1.61. The van der Waals surface area contributed by atoms with Crippen molar-refractivity contribution in [3.8, 4) is 5.75 Å². The van der Waals surface area contributed by atoms with E-state index in [0.29, 0.717) is 23.4 Å². The lowest BCUT2D eigenvalue weighted by atomic mass is 10.1. The molecule has 0 saturated carbocycles. The zero-order valence-electron chi connectivity index (χ0n) is 15.3. The summed E-state index contributed by atoms with van der Waals surface area (Å²) in [6.45, 7) is 0.378. The Bertz CT molecular complexity index is 1060. The molecule has 4 rings (SSSR count). The Kier molecular flexibility index (Phi) is 4.68. The average molecular weight is 373 g/mol. The Balaban J connectivity index is 1.52. The normalized spacial score (nSPS) is 12.0. The Morgan fingerprint density at radius 1 is 0.929 bits per heavy atom. The molecule has 3 aromatic carbocycles. The van der Waals surface area contributed by atoms with Crippen molar-refractivity contribution in [3.05, 3.63) is 83.4 Å². The number of anilines is 3. The number of nitrogens with one attached hydrogen (secondary N) is 3. The monoisotopic (exact) mass is 373 g/mol. The summed E-state index contributed by atoms with van der Waals surface area (Å²) < 4.78 is 5.20. The highest BCUT2D eigenvalue weighted by molar-refractivity contribution is 6.12. The van der Waals surface area contributed by atoms with Gasteiger partial charge in [0, 0.05) is 12.1 Å². The van der Waals surface area contributed by atoms with Crippen LogP contribution >= 0.6 is 0 Å². The van der Waals surface area contributed by atoms with Gasteiger partial charge in [-0.05, 0) is 48.0 Å². The van der Waals surface area contributed by atoms with Crippen LogP contribution in [0.2, 0.25) is 0 Å². The summed E-state index contributed by atoms with van der Waals surface area (Å²) in [5.74, 6) is 0.308. The van der Waals surface area contributed by atoms with Gasteiger partial charge in [0.25, 0.3) is 11.8 Å². The first-order valence-electron chi connectivity index (χ1n) is 8.86. The molecular formula is C22H19N3O3. The van der Waals surface area contributed by atoms with E-state index in [4.69, 9.17) is 4.74 Å². The van der Waals surface area contributed by atoms with Crippen LogP contribution in [0.25, 0.3) is 0 Å². The third-order valence-electron chi connectivity index (χ3n) is 4.56. The van der Waals surface area contributed by atoms with Crippen molar-refractivity contribution in [2.24, 2.45) is 0 Å². The van der Waals surface area contributed by atoms with Crippen LogP contribution in [0.15, 0.2) is 66.7 Å². The molecule has 6 heteroatoms. The SMILES string of the molecule is COc1cccc(CNC(=O)c2ccc3c(c2)NC(=O)c2ccccc2N3)c1. The lowest BCUT2D eigenvalue weighted by molar-refractivity contribution is 0.0949. The molecule has 1 heterocycles. The molecule has 0 spiro atoms. The predicted octanol–water partition coefficient (Wildman–Crippen LogP) is 3.93. The minimum atomic E-state index is -0.221. The molecule has 0 radical (unpaired) electrons. The van der Waals surface area contributed by atoms with Gasteiger partial charge in [0.1, 0.15) is 5.75 Å². The number of fused-ring (bicyclic) bond motifs is 2. The molecule has 1 aliphatic heterocycles. The third-order valence-corrected chi connectivity index (χ3v) is 4.56. The smallest absolute Gasteiger partial charge is 0.257 e. The van der Waals surface area contributed by atoms with Crippen molar-refractivity contribution in [2.45, 2.75) is 6.54 Å². The van der Waals surface area contributed by atoms with Gasteiger partial charge in [-0.2, -0.15) is 0 Å². The summed E-state index contributed by atoms with van der Waals surface area (Å²) in [6.07, 6.45) is 0. The number of amides is 2. The number of para-hydroxylation sites is 1. The van der Waals surface area contributed by atoms with Crippen molar-refractivity contribution in [1.82, 2.24) is 5.32 Å². The largest absolute Gasteiger partial charge is 0.497 e. The molecule has 28 heavy (non-hydrogen) atoms. The number of benzene rings is 3. The molecule has 2 amide bonds. The van der Waals surface area contributed by atoms with E-state index in [0.717, 1.165) is 22.7 Å². The molecule has 0 atom stereocenters. The first kappa shape index (κ1) is 17.6. The number of rotatable bonds is 4. The van der Waals surface area contributed by atoms with E-state index in [-0.39, 0.29) is 11.8 Å². The predicted molar refractivity (Wildman–Crippen MR) is 108 cm³/mol. The number of carbonyl (C=O) groups is 2.